The molecule has 17 heavy (non-hydrogen) atoms. The number of aliphatic hydroxyl groups excluding tert-OH is 2. The van der Waals surface area contributed by atoms with Crippen molar-refractivity contribution in [2.45, 2.75) is 5.38 Å². The van der Waals surface area contributed by atoms with Crippen molar-refractivity contribution in [1.29, 1.82) is 0 Å². The summed E-state index contributed by atoms with van der Waals surface area (Å²) < 4.78 is 26.2. The summed E-state index contributed by atoms with van der Waals surface area (Å²) in [6.07, 6.45) is 0.900. The Bertz CT molecular complexity index is 566. The van der Waals surface area contributed by atoms with Crippen molar-refractivity contribution in [2.75, 3.05) is 0 Å². The quantitative estimate of drug-likeness (QED) is 0.613. The van der Waals surface area contributed by atoms with E-state index in [1.54, 1.807) is 0 Å². The molecule has 8 heteroatoms. The lowest BCUT2D eigenvalue weighted by Gasteiger charge is -2.14. The average Bonchev–Trinajstić information content (AvgIpc) is 2.21. The number of aliphatic hydroxyl groups is 2. The van der Waals surface area contributed by atoms with Gasteiger partial charge in [-0.25, -0.2) is 0 Å². The summed E-state index contributed by atoms with van der Waals surface area (Å²) >= 11 is 21.7. The Morgan fingerprint density at radius 2 is 1.29 bits per heavy atom. The second kappa shape index (κ2) is 5.06. The van der Waals surface area contributed by atoms with Crippen LogP contribution in [0.2, 0.25) is 15.1 Å². The zero-order valence-electron chi connectivity index (χ0n) is 7.82. The molecule has 0 aromatic heterocycles. The maximum atomic E-state index is 13.1. The van der Waals surface area contributed by atoms with Gasteiger partial charge in [0.05, 0.1) is 33.2 Å². The van der Waals surface area contributed by atoms with Crippen molar-refractivity contribution in [1.82, 2.24) is 0 Å². The normalized spacial score (nSPS) is 14.5. The van der Waals surface area contributed by atoms with E-state index < -0.39 is 26.0 Å². The third-order valence-corrected chi connectivity index (χ3v) is 3.39. The largest absolute Gasteiger partial charge is 0.515 e. The lowest BCUT2D eigenvalue weighted by atomic mass is 10.1. The van der Waals surface area contributed by atoms with Gasteiger partial charge in [0.2, 0.25) is 0 Å². The Morgan fingerprint density at radius 3 is 1.65 bits per heavy atom. The average molecular weight is 324 g/mol. The van der Waals surface area contributed by atoms with Crippen LogP contribution in [0, 0.1) is 0 Å². The highest BCUT2D eigenvalue weighted by Gasteiger charge is 2.35. The molecular formula is C9H4Cl4F2O2. The number of hydrogen-bond donors (Lipinski definition) is 2. The first-order chi connectivity index (χ1) is 7.75. The Hall–Kier alpha value is -0.420. The number of alkyl halides is 3. The first kappa shape index (κ1) is 14.6. The van der Waals surface area contributed by atoms with E-state index in [0.717, 1.165) is 0 Å². The minimum absolute atomic E-state index is 0.186. The smallest absolute Gasteiger partial charge is 0.351 e. The highest BCUT2D eigenvalue weighted by Crippen LogP contribution is 2.41. The Labute approximate surface area is 114 Å². The zero-order valence-corrected chi connectivity index (χ0v) is 10.8. The first-order valence-electron chi connectivity index (χ1n) is 3.98. The van der Waals surface area contributed by atoms with Gasteiger partial charge in [-0.15, -0.1) is 0 Å². The van der Waals surface area contributed by atoms with Crippen LogP contribution < -0.4 is 10.4 Å². The van der Waals surface area contributed by atoms with E-state index >= 15 is 0 Å². The molecule has 0 saturated heterocycles. The Balaban J connectivity index is 4.01. The lowest BCUT2D eigenvalue weighted by Crippen LogP contribution is -2.30. The van der Waals surface area contributed by atoms with E-state index in [0.29, 0.717) is 12.5 Å². The SMILES string of the molecule is OC=c1c(Cl)c(Cl)c(C(F)(F)Cl)c(Cl)c1=CO. The molecule has 0 bridgehead atoms. The van der Waals surface area contributed by atoms with Crippen LogP contribution in [0.4, 0.5) is 8.78 Å². The van der Waals surface area contributed by atoms with Crippen molar-refractivity contribution in [3.63, 3.8) is 0 Å². The van der Waals surface area contributed by atoms with Crippen molar-refractivity contribution in [3.8, 4) is 0 Å². The Morgan fingerprint density at radius 1 is 0.882 bits per heavy atom. The summed E-state index contributed by atoms with van der Waals surface area (Å²) in [5, 5.41) is 11.9. The third-order valence-electron chi connectivity index (χ3n) is 1.94. The third kappa shape index (κ3) is 2.55. The molecule has 0 aliphatic carbocycles. The fourth-order valence-electron chi connectivity index (χ4n) is 1.20. The van der Waals surface area contributed by atoms with E-state index in [1.807, 2.05) is 0 Å². The second-order valence-corrected chi connectivity index (χ2v) is 4.51. The summed E-state index contributed by atoms with van der Waals surface area (Å²) in [5.74, 6) is 0. The van der Waals surface area contributed by atoms with E-state index in [9.17, 15) is 8.78 Å². The molecule has 0 heterocycles. The fraction of sp³-hybridized carbons (Fsp3) is 0.111. The van der Waals surface area contributed by atoms with Gasteiger partial charge in [-0.2, -0.15) is 8.78 Å². The molecule has 0 atom stereocenters. The van der Waals surface area contributed by atoms with Gasteiger partial charge in [0.15, 0.2) is 0 Å². The number of rotatable bonds is 1. The first-order valence-corrected chi connectivity index (χ1v) is 5.49. The topological polar surface area (TPSA) is 40.5 Å². The van der Waals surface area contributed by atoms with Gasteiger partial charge < -0.3 is 10.2 Å². The lowest BCUT2D eigenvalue weighted by molar-refractivity contribution is 0.0952. The number of benzene rings is 1. The predicted molar refractivity (Wildman–Crippen MR) is 64.7 cm³/mol. The van der Waals surface area contributed by atoms with Crippen molar-refractivity contribution in [2.24, 2.45) is 0 Å². The highest BCUT2D eigenvalue weighted by atomic mass is 35.5. The van der Waals surface area contributed by atoms with Crippen molar-refractivity contribution < 1.29 is 19.0 Å². The van der Waals surface area contributed by atoms with Crippen LogP contribution in [0.3, 0.4) is 0 Å². The molecule has 0 unspecified atom stereocenters. The molecule has 2 nitrogen and oxygen atoms in total. The van der Waals surface area contributed by atoms with Crippen LogP contribution in [0.25, 0.3) is 12.5 Å². The molecule has 1 rings (SSSR count). The molecule has 0 saturated carbocycles. The van der Waals surface area contributed by atoms with Crippen molar-refractivity contribution in [3.05, 3.63) is 31.1 Å². The summed E-state index contributed by atoms with van der Waals surface area (Å²) in [6.45, 7) is 0. The minimum atomic E-state index is -3.86. The summed E-state index contributed by atoms with van der Waals surface area (Å²) in [4.78, 5) is 0. The van der Waals surface area contributed by atoms with E-state index in [1.165, 1.54) is 0 Å². The molecule has 0 fully saturated rings. The molecule has 0 radical (unpaired) electrons. The van der Waals surface area contributed by atoms with Gasteiger partial charge in [0.1, 0.15) is 0 Å². The van der Waals surface area contributed by atoms with Crippen LogP contribution in [-0.4, -0.2) is 10.2 Å². The minimum Gasteiger partial charge on any atom is -0.515 e. The van der Waals surface area contributed by atoms with E-state index in [2.05, 4.69) is 0 Å². The van der Waals surface area contributed by atoms with Gasteiger partial charge >= 0.3 is 5.38 Å². The zero-order chi connectivity index (χ0) is 13.4. The van der Waals surface area contributed by atoms with Crippen LogP contribution in [0.15, 0.2) is 0 Å². The summed E-state index contributed by atoms with van der Waals surface area (Å²) in [7, 11) is 0. The standard InChI is InChI=1S/C9H4Cl4F2O2/c10-6-3(1-16)4(2-17)7(11)8(12)5(6)9(13,14)15/h1-2,16-17H. The molecule has 1 aromatic carbocycles. The molecule has 2 N–H and O–H groups in total. The fourth-order valence-corrected chi connectivity index (χ4v) is 2.45. The number of halogens is 6. The van der Waals surface area contributed by atoms with Gasteiger partial charge in [-0.05, 0) is 11.6 Å². The number of hydrogen-bond acceptors (Lipinski definition) is 2. The van der Waals surface area contributed by atoms with E-state index in [-0.39, 0.29) is 10.4 Å². The van der Waals surface area contributed by atoms with Gasteiger partial charge in [-0.3, -0.25) is 0 Å². The molecule has 0 aliphatic rings. The van der Waals surface area contributed by atoms with Crippen LogP contribution in [-0.2, 0) is 5.38 Å². The molecule has 0 spiro atoms. The molecule has 0 amide bonds. The molecule has 1 aromatic rings. The molecule has 0 aliphatic heterocycles. The maximum Gasteiger partial charge on any atom is 0.351 e. The predicted octanol–water partition coefficient (Wildman–Crippen LogP) is 3.53. The van der Waals surface area contributed by atoms with Crippen LogP contribution in [0.5, 0.6) is 0 Å². The second-order valence-electron chi connectivity index (χ2n) is 2.90. The van der Waals surface area contributed by atoms with Crippen molar-refractivity contribution >= 4 is 58.9 Å². The Kier molecular flexibility index (Phi) is 4.36. The van der Waals surface area contributed by atoms with E-state index in [4.69, 9.17) is 56.6 Å². The van der Waals surface area contributed by atoms with Gasteiger partial charge in [-0.1, -0.05) is 34.8 Å². The molecule has 94 valence electrons. The van der Waals surface area contributed by atoms with Crippen LogP contribution in [0.1, 0.15) is 5.56 Å². The maximum absolute atomic E-state index is 13.1. The van der Waals surface area contributed by atoms with Crippen LogP contribution >= 0.6 is 46.4 Å². The monoisotopic (exact) mass is 322 g/mol. The summed E-state index contributed by atoms with van der Waals surface area (Å²) in [5.41, 5.74) is -0.932. The summed E-state index contributed by atoms with van der Waals surface area (Å²) in [6, 6.07) is 0. The molecular weight excluding hydrogens is 320 g/mol. The van der Waals surface area contributed by atoms with Gasteiger partial charge in [0, 0.05) is 10.4 Å². The van der Waals surface area contributed by atoms with Gasteiger partial charge in [0.25, 0.3) is 0 Å². The highest BCUT2D eigenvalue weighted by molar-refractivity contribution is 6.45.